The summed E-state index contributed by atoms with van der Waals surface area (Å²) < 4.78 is 70.0. The van der Waals surface area contributed by atoms with Crippen molar-refractivity contribution in [2.45, 2.75) is 11.8 Å². The predicted octanol–water partition coefficient (Wildman–Crippen LogP) is 6.99. The summed E-state index contributed by atoms with van der Waals surface area (Å²) in [5, 5.41) is 0. The predicted molar refractivity (Wildman–Crippen MR) is 157 cm³/mol. The second-order valence-corrected chi connectivity index (χ2v) is 11.0. The molecule has 0 bridgehead atoms. The van der Waals surface area contributed by atoms with E-state index in [0.717, 1.165) is 23.3 Å². The van der Waals surface area contributed by atoms with Crippen molar-refractivity contribution >= 4 is 15.7 Å². The van der Waals surface area contributed by atoms with Gasteiger partial charge in [0.05, 0.1) is 11.5 Å². The third-order valence-electron chi connectivity index (χ3n) is 6.40. The second-order valence-electron chi connectivity index (χ2n) is 9.32. The van der Waals surface area contributed by atoms with Gasteiger partial charge in [0, 0.05) is 42.2 Å². The Morgan fingerprint density at radius 1 is 0.786 bits per heavy atom. The number of sulfonamides is 1. The zero-order valence-electron chi connectivity index (χ0n) is 22.7. The number of rotatable bonds is 9. The molecular formula is C32H26F2N2O5S. The summed E-state index contributed by atoms with van der Waals surface area (Å²) >= 11 is 0. The van der Waals surface area contributed by atoms with Crippen LogP contribution < -0.4 is 19.8 Å². The molecule has 5 aromatic rings. The lowest BCUT2D eigenvalue weighted by molar-refractivity contribution is 0.340. The van der Waals surface area contributed by atoms with E-state index in [1.54, 1.807) is 26.1 Å². The Balaban J connectivity index is 1.55. The Bertz CT molecular complexity index is 1910. The average molecular weight is 589 g/mol. The zero-order valence-corrected chi connectivity index (χ0v) is 23.5. The monoisotopic (exact) mass is 588 g/mol. The van der Waals surface area contributed by atoms with E-state index in [9.17, 15) is 22.0 Å². The van der Waals surface area contributed by atoms with Crippen molar-refractivity contribution in [3.05, 3.63) is 125 Å². The molecule has 7 nitrogen and oxygen atoms in total. The van der Waals surface area contributed by atoms with Crippen LogP contribution in [0.2, 0.25) is 0 Å². The Morgan fingerprint density at radius 2 is 1.48 bits per heavy atom. The van der Waals surface area contributed by atoms with Gasteiger partial charge in [-0.2, -0.15) is 0 Å². The molecule has 0 aliphatic carbocycles. The van der Waals surface area contributed by atoms with E-state index in [0.29, 0.717) is 17.2 Å². The Hall–Kier alpha value is -4.96. The highest BCUT2D eigenvalue weighted by Gasteiger charge is 2.20. The van der Waals surface area contributed by atoms with E-state index in [2.05, 4.69) is 4.72 Å². The first kappa shape index (κ1) is 28.6. The summed E-state index contributed by atoms with van der Waals surface area (Å²) in [6.07, 6.45) is 1.51. The van der Waals surface area contributed by atoms with Gasteiger partial charge in [-0.25, -0.2) is 17.2 Å². The third kappa shape index (κ3) is 6.18. The molecule has 0 fully saturated rings. The maximum atomic E-state index is 14.5. The number of pyridine rings is 1. The van der Waals surface area contributed by atoms with Crippen molar-refractivity contribution in [3.8, 4) is 39.5 Å². The molecule has 0 aliphatic heterocycles. The van der Waals surface area contributed by atoms with Crippen LogP contribution in [0.5, 0.6) is 17.2 Å². The van der Waals surface area contributed by atoms with Crippen molar-refractivity contribution in [1.82, 2.24) is 4.57 Å². The van der Waals surface area contributed by atoms with Crippen molar-refractivity contribution in [1.29, 1.82) is 0 Å². The number of halogens is 2. The number of aromatic nitrogens is 1. The first-order chi connectivity index (χ1) is 20.1. The average Bonchev–Trinajstić information content (AvgIpc) is 2.97. The van der Waals surface area contributed by atoms with Gasteiger partial charge < -0.3 is 14.0 Å². The lowest BCUT2D eigenvalue weighted by Crippen LogP contribution is -2.16. The number of nitrogens with one attached hydrogen (secondary N) is 1. The van der Waals surface area contributed by atoms with Gasteiger partial charge in [0.15, 0.2) is 11.6 Å². The summed E-state index contributed by atoms with van der Waals surface area (Å²) in [7, 11) is -2.46. The number of anilines is 1. The topological polar surface area (TPSA) is 86.6 Å². The number of hydrogen-bond donors (Lipinski definition) is 1. The van der Waals surface area contributed by atoms with E-state index in [1.807, 2.05) is 30.3 Å². The summed E-state index contributed by atoms with van der Waals surface area (Å²) in [6.45, 7) is 1.99. The highest BCUT2D eigenvalue weighted by molar-refractivity contribution is 7.92. The lowest BCUT2D eigenvalue weighted by Gasteiger charge is -2.18. The van der Waals surface area contributed by atoms with Crippen LogP contribution in [0.4, 0.5) is 14.5 Å². The first-order valence-corrected chi connectivity index (χ1v) is 14.4. The quantitative estimate of drug-likeness (QED) is 0.201. The molecule has 1 N–H and O–H groups in total. The maximum absolute atomic E-state index is 14.5. The normalized spacial score (nSPS) is 11.2. The van der Waals surface area contributed by atoms with Gasteiger partial charge in [-0.3, -0.25) is 9.52 Å². The van der Waals surface area contributed by atoms with Crippen LogP contribution in [0.25, 0.3) is 22.3 Å². The van der Waals surface area contributed by atoms with E-state index in [1.165, 1.54) is 47.2 Å². The summed E-state index contributed by atoms with van der Waals surface area (Å²) in [5.41, 5.74) is 2.37. The molecule has 4 aromatic carbocycles. The fraction of sp³-hybridized carbons (Fsp3) is 0.0938. The van der Waals surface area contributed by atoms with Crippen LogP contribution in [0.1, 0.15) is 6.92 Å². The van der Waals surface area contributed by atoms with E-state index in [-0.39, 0.29) is 40.0 Å². The highest BCUT2D eigenvalue weighted by atomic mass is 32.2. The molecule has 5 rings (SSSR count). The number of aryl methyl sites for hydroxylation is 1. The van der Waals surface area contributed by atoms with Gasteiger partial charge in [-0.15, -0.1) is 0 Å². The molecule has 10 heteroatoms. The van der Waals surface area contributed by atoms with Crippen LogP contribution in [0, 0.1) is 11.6 Å². The molecule has 0 saturated carbocycles. The fourth-order valence-electron chi connectivity index (χ4n) is 4.33. The molecule has 0 atom stereocenters. The van der Waals surface area contributed by atoms with Gasteiger partial charge in [0.2, 0.25) is 0 Å². The van der Waals surface area contributed by atoms with Gasteiger partial charge in [-0.1, -0.05) is 42.5 Å². The number of hydrogen-bond acceptors (Lipinski definition) is 5. The molecule has 0 radical (unpaired) electrons. The summed E-state index contributed by atoms with van der Waals surface area (Å²) in [6, 6.07) is 24.6. The lowest BCUT2D eigenvalue weighted by atomic mass is 10.0. The third-order valence-corrected chi connectivity index (χ3v) is 7.79. The molecule has 214 valence electrons. The Labute approximate surface area is 241 Å². The van der Waals surface area contributed by atoms with E-state index < -0.39 is 21.7 Å². The Kier molecular flexibility index (Phi) is 8.08. The molecular weight excluding hydrogens is 562 g/mol. The van der Waals surface area contributed by atoms with Crippen LogP contribution in [-0.4, -0.2) is 19.6 Å². The van der Waals surface area contributed by atoms with Gasteiger partial charge in [0.25, 0.3) is 15.6 Å². The molecule has 0 saturated heterocycles. The van der Waals surface area contributed by atoms with Crippen LogP contribution in [0.15, 0.2) is 113 Å². The largest absolute Gasteiger partial charge is 0.493 e. The second kappa shape index (κ2) is 11.9. The smallest absolute Gasteiger partial charge is 0.261 e. The fourth-order valence-corrected chi connectivity index (χ4v) is 5.38. The van der Waals surface area contributed by atoms with Crippen molar-refractivity contribution in [2.75, 3.05) is 11.3 Å². The summed E-state index contributed by atoms with van der Waals surface area (Å²) in [5.74, 6) is -1.59. The molecule has 0 unspecified atom stereocenters. The van der Waals surface area contributed by atoms with E-state index in [4.69, 9.17) is 9.47 Å². The minimum absolute atomic E-state index is 0.0505. The van der Waals surface area contributed by atoms with Crippen LogP contribution in [0.3, 0.4) is 0 Å². The first-order valence-electron chi connectivity index (χ1n) is 12.9. The van der Waals surface area contributed by atoms with Crippen molar-refractivity contribution < 1.29 is 26.7 Å². The molecule has 0 aliphatic rings. The minimum atomic E-state index is -4.01. The number of benzene rings is 4. The SMILES string of the molecule is CCOc1cc(=O)n(C)cc1-c1cc(NS(=O)(=O)c2ccc(-c3ccccc3)cc2)ccc1Oc1ccc(F)cc1F. The number of nitrogens with zero attached hydrogens (tertiary/aromatic N) is 1. The van der Waals surface area contributed by atoms with Gasteiger partial charge >= 0.3 is 0 Å². The van der Waals surface area contributed by atoms with Gasteiger partial charge in [0.1, 0.15) is 17.3 Å². The molecule has 1 heterocycles. The zero-order chi connectivity index (χ0) is 29.9. The highest BCUT2D eigenvalue weighted by Crippen LogP contribution is 2.40. The summed E-state index contributed by atoms with van der Waals surface area (Å²) in [4.78, 5) is 12.4. The van der Waals surface area contributed by atoms with Gasteiger partial charge in [-0.05, 0) is 60.5 Å². The van der Waals surface area contributed by atoms with E-state index >= 15 is 0 Å². The molecule has 0 amide bonds. The van der Waals surface area contributed by atoms with Crippen LogP contribution >= 0.6 is 0 Å². The standard InChI is InChI=1S/C32H26F2N2O5S/c1-3-40-31-19-32(37)36(2)20-27(31)26-18-24(12-16-29(26)41-30-15-11-23(33)17-28(30)34)35-42(38,39)25-13-9-22(10-14-25)21-7-5-4-6-8-21/h4-20,35H,3H2,1-2H3. The maximum Gasteiger partial charge on any atom is 0.261 e. The molecule has 1 aromatic heterocycles. The van der Waals surface area contributed by atoms with Crippen molar-refractivity contribution in [3.63, 3.8) is 0 Å². The minimum Gasteiger partial charge on any atom is -0.493 e. The van der Waals surface area contributed by atoms with Crippen LogP contribution in [-0.2, 0) is 17.1 Å². The molecule has 42 heavy (non-hydrogen) atoms. The van der Waals surface area contributed by atoms with Crippen molar-refractivity contribution in [2.24, 2.45) is 7.05 Å². The number of ether oxygens (including phenoxy) is 2. The molecule has 0 spiro atoms. The Morgan fingerprint density at radius 3 is 2.17 bits per heavy atom.